The van der Waals surface area contributed by atoms with Gasteiger partial charge in [-0.3, -0.25) is 18.6 Å². The van der Waals surface area contributed by atoms with E-state index in [1.54, 1.807) is 0 Å². The average Bonchev–Trinajstić information content (AvgIpc) is 3.21. The van der Waals surface area contributed by atoms with Crippen molar-refractivity contribution in [3.05, 3.63) is 48.6 Å². The van der Waals surface area contributed by atoms with Crippen LogP contribution in [0.25, 0.3) is 0 Å². The van der Waals surface area contributed by atoms with Crippen molar-refractivity contribution in [3.63, 3.8) is 0 Å². The Bertz CT molecular complexity index is 1180. The summed E-state index contributed by atoms with van der Waals surface area (Å²) in [5.41, 5.74) is 0. The van der Waals surface area contributed by atoms with Crippen LogP contribution < -0.4 is 0 Å². The summed E-state index contributed by atoms with van der Waals surface area (Å²) in [6.45, 7) is 4.39. The van der Waals surface area contributed by atoms with Gasteiger partial charge >= 0.3 is 19.8 Å². The minimum absolute atomic E-state index is 0.0271. The van der Waals surface area contributed by atoms with Gasteiger partial charge in [0.25, 0.3) is 0 Å². The lowest BCUT2D eigenvalue weighted by molar-refractivity contribution is -0.870. The van der Waals surface area contributed by atoms with E-state index in [0.717, 1.165) is 77.0 Å². The van der Waals surface area contributed by atoms with Crippen LogP contribution in [0.1, 0.15) is 213 Å². The van der Waals surface area contributed by atoms with Crippen molar-refractivity contribution >= 4 is 19.8 Å². The first-order valence-electron chi connectivity index (χ1n) is 24.9. The van der Waals surface area contributed by atoms with Crippen molar-refractivity contribution in [1.82, 2.24) is 0 Å². The summed E-state index contributed by atoms with van der Waals surface area (Å²) in [6.07, 6.45) is 51.5. The van der Waals surface area contributed by atoms with Gasteiger partial charge in [0.2, 0.25) is 0 Å². The molecule has 9 nitrogen and oxygen atoms in total. The highest BCUT2D eigenvalue weighted by atomic mass is 31.2. The fraction of sp³-hybridized carbons (Fsp3) is 0.804. The number of hydrogen-bond acceptors (Lipinski definition) is 7. The van der Waals surface area contributed by atoms with E-state index in [1.807, 2.05) is 21.1 Å². The van der Waals surface area contributed by atoms with E-state index >= 15 is 0 Å². The molecule has 0 aromatic heterocycles. The van der Waals surface area contributed by atoms with E-state index < -0.39 is 26.5 Å². The highest BCUT2D eigenvalue weighted by Crippen LogP contribution is 2.43. The molecule has 0 saturated heterocycles. The highest BCUT2D eigenvalue weighted by molar-refractivity contribution is 7.47. The second-order valence-electron chi connectivity index (χ2n) is 17.8. The molecular formula is C51H95NO8P+. The van der Waals surface area contributed by atoms with Gasteiger partial charge in [-0.1, -0.05) is 172 Å². The van der Waals surface area contributed by atoms with Crippen LogP contribution in [-0.2, 0) is 32.7 Å². The van der Waals surface area contributed by atoms with Gasteiger partial charge in [-0.15, -0.1) is 0 Å². The van der Waals surface area contributed by atoms with Crippen LogP contribution in [0.4, 0.5) is 0 Å². The number of carbonyl (C=O) groups excluding carboxylic acids is 2. The summed E-state index contributed by atoms with van der Waals surface area (Å²) in [4.78, 5) is 35.5. The number of carbonyl (C=O) groups is 2. The minimum Gasteiger partial charge on any atom is -0.462 e. The van der Waals surface area contributed by atoms with Crippen molar-refractivity contribution in [2.75, 3.05) is 47.5 Å². The molecule has 0 heterocycles. The second kappa shape index (κ2) is 43.2. The number of likely N-dealkylation sites (N-methyl/N-ethyl adjacent to an activating group) is 1. The predicted molar refractivity (Wildman–Crippen MR) is 257 cm³/mol. The molecule has 0 aromatic carbocycles. The molecule has 0 spiro atoms. The maximum absolute atomic E-state index is 12.7. The fourth-order valence-electron chi connectivity index (χ4n) is 6.66. The molecule has 0 aliphatic rings. The zero-order chi connectivity index (χ0) is 45.0. The van der Waals surface area contributed by atoms with Crippen LogP contribution in [0, 0.1) is 0 Å². The molecule has 0 fully saturated rings. The van der Waals surface area contributed by atoms with Crippen molar-refractivity contribution in [1.29, 1.82) is 0 Å². The summed E-state index contributed by atoms with van der Waals surface area (Å²) in [5.74, 6) is -0.815. The Morgan fingerprint density at radius 1 is 0.508 bits per heavy atom. The van der Waals surface area contributed by atoms with E-state index in [-0.39, 0.29) is 32.0 Å². The number of phosphoric ester groups is 1. The van der Waals surface area contributed by atoms with Crippen LogP contribution in [0.3, 0.4) is 0 Å². The number of ether oxygens (including phenoxy) is 2. The third-order valence-electron chi connectivity index (χ3n) is 10.6. The van der Waals surface area contributed by atoms with Gasteiger partial charge in [-0.2, -0.15) is 0 Å². The predicted octanol–water partition coefficient (Wildman–Crippen LogP) is 14.6. The first-order chi connectivity index (χ1) is 29.5. The number of phosphoric acid groups is 1. The number of esters is 2. The molecule has 2 unspecified atom stereocenters. The van der Waals surface area contributed by atoms with E-state index in [2.05, 4.69) is 62.5 Å². The fourth-order valence-corrected chi connectivity index (χ4v) is 7.40. The van der Waals surface area contributed by atoms with Gasteiger partial charge < -0.3 is 18.9 Å². The summed E-state index contributed by atoms with van der Waals surface area (Å²) < 4.78 is 34.4. The van der Waals surface area contributed by atoms with E-state index in [4.69, 9.17) is 18.5 Å². The Labute approximate surface area is 375 Å². The van der Waals surface area contributed by atoms with Crippen LogP contribution in [0.2, 0.25) is 0 Å². The summed E-state index contributed by atoms with van der Waals surface area (Å²) in [6, 6.07) is 0. The number of unbranched alkanes of at least 4 members (excludes halogenated alkanes) is 23. The van der Waals surface area contributed by atoms with Crippen LogP contribution in [0.5, 0.6) is 0 Å². The van der Waals surface area contributed by atoms with E-state index in [9.17, 15) is 19.0 Å². The largest absolute Gasteiger partial charge is 0.472 e. The molecule has 356 valence electrons. The number of nitrogens with zero attached hydrogens (tertiary/aromatic N) is 1. The molecule has 61 heavy (non-hydrogen) atoms. The topological polar surface area (TPSA) is 108 Å². The smallest absolute Gasteiger partial charge is 0.462 e. The number of rotatable bonds is 45. The average molecular weight is 881 g/mol. The Kier molecular flexibility index (Phi) is 41.8. The molecule has 0 saturated carbocycles. The van der Waals surface area contributed by atoms with Gasteiger partial charge in [-0.25, -0.2) is 4.57 Å². The number of quaternary nitrogens is 1. The quantitative estimate of drug-likeness (QED) is 0.0212. The van der Waals surface area contributed by atoms with Gasteiger partial charge in [0.1, 0.15) is 19.8 Å². The Morgan fingerprint density at radius 3 is 1.36 bits per heavy atom. The maximum atomic E-state index is 12.7. The Hall–Kier alpha value is -2.03. The molecule has 0 aliphatic heterocycles. The van der Waals surface area contributed by atoms with E-state index in [1.165, 1.54) is 103 Å². The number of allylic oxidation sites excluding steroid dienone is 8. The Morgan fingerprint density at radius 2 is 0.885 bits per heavy atom. The number of hydrogen-bond donors (Lipinski definition) is 1. The van der Waals surface area contributed by atoms with E-state index in [0.29, 0.717) is 17.4 Å². The summed E-state index contributed by atoms with van der Waals surface area (Å²) in [5, 5.41) is 0. The van der Waals surface area contributed by atoms with Crippen LogP contribution >= 0.6 is 7.82 Å². The standard InChI is InChI=1S/C51H94NO8P/c1-6-8-10-12-14-16-18-20-22-24-26-28-30-32-34-36-38-40-42-44-51(54)60-49(48-59-61(55,56)58-46-45-52(3,4)5)47-57-50(53)43-41-39-37-35-33-31-29-27-25-23-21-19-17-15-13-11-9-7-2/h14,16,20,22-23,25-26,28,49H,6-13,15,17-19,21,24,27,29-48H2,1-5H3/p+1/b16-14-,22-20-,25-23-,28-26-. The first-order valence-corrected chi connectivity index (χ1v) is 26.4. The van der Waals surface area contributed by atoms with Gasteiger partial charge in [0.05, 0.1) is 27.7 Å². The van der Waals surface area contributed by atoms with Crippen LogP contribution in [-0.4, -0.2) is 74.9 Å². The third kappa shape index (κ3) is 47.3. The molecule has 0 rings (SSSR count). The molecule has 0 aliphatic carbocycles. The highest BCUT2D eigenvalue weighted by Gasteiger charge is 2.27. The zero-order valence-corrected chi connectivity index (χ0v) is 41.0. The van der Waals surface area contributed by atoms with Crippen molar-refractivity contribution in [2.24, 2.45) is 0 Å². The minimum atomic E-state index is -4.38. The molecule has 1 N–H and O–H groups in total. The maximum Gasteiger partial charge on any atom is 0.472 e. The SMILES string of the molecule is CCCCC/C=C\C/C=C\C/C=C\CCCCCCCCC(=O)OC(COC(=O)CCCCCCCCC/C=C\CCCCCCCCC)COP(=O)(O)OCC[N+](C)(C)C. The molecule has 0 bridgehead atoms. The van der Waals surface area contributed by atoms with Crippen molar-refractivity contribution in [2.45, 2.75) is 219 Å². The third-order valence-corrected chi connectivity index (χ3v) is 11.6. The molecule has 0 radical (unpaired) electrons. The first kappa shape index (κ1) is 59.0. The summed E-state index contributed by atoms with van der Waals surface area (Å²) >= 11 is 0. The second-order valence-corrected chi connectivity index (χ2v) is 19.3. The molecule has 0 amide bonds. The van der Waals surface area contributed by atoms with Crippen molar-refractivity contribution < 1.29 is 42.1 Å². The van der Waals surface area contributed by atoms with Gasteiger partial charge in [0, 0.05) is 12.8 Å². The molecule has 10 heteroatoms. The van der Waals surface area contributed by atoms with Crippen molar-refractivity contribution in [3.8, 4) is 0 Å². The molecular weight excluding hydrogens is 786 g/mol. The molecule has 0 aromatic rings. The van der Waals surface area contributed by atoms with Gasteiger partial charge in [-0.05, 0) is 77.0 Å². The monoisotopic (exact) mass is 881 g/mol. The lowest BCUT2D eigenvalue weighted by Gasteiger charge is -2.24. The lowest BCUT2D eigenvalue weighted by Crippen LogP contribution is -2.37. The van der Waals surface area contributed by atoms with Gasteiger partial charge in [0.15, 0.2) is 6.10 Å². The lowest BCUT2D eigenvalue weighted by atomic mass is 10.1. The molecule has 2 atom stereocenters. The Balaban J connectivity index is 4.32. The summed E-state index contributed by atoms with van der Waals surface area (Å²) in [7, 11) is 1.46. The van der Waals surface area contributed by atoms with Crippen LogP contribution in [0.15, 0.2) is 48.6 Å². The zero-order valence-electron chi connectivity index (χ0n) is 40.1. The normalized spacial score (nSPS) is 13.9.